The van der Waals surface area contributed by atoms with Gasteiger partial charge in [0.1, 0.15) is 11.4 Å². The average molecular weight is 556 g/mol. The molecule has 0 spiro atoms. The van der Waals surface area contributed by atoms with Gasteiger partial charge in [0.2, 0.25) is 5.24 Å². The summed E-state index contributed by atoms with van der Waals surface area (Å²) in [5.74, 6) is 3.11. The van der Waals surface area contributed by atoms with Gasteiger partial charge in [0.15, 0.2) is 0 Å². The van der Waals surface area contributed by atoms with Crippen molar-refractivity contribution in [3.05, 3.63) is 31.7 Å². The van der Waals surface area contributed by atoms with Crippen LogP contribution in [0.3, 0.4) is 0 Å². The van der Waals surface area contributed by atoms with Crippen molar-refractivity contribution in [2.24, 2.45) is 23.7 Å². The van der Waals surface area contributed by atoms with E-state index in [-0.39, 0.29) is 59.0 Å². The van der Waals surface area contributed by atoms with Crippen molar-refractivity contribution in [2.75, 3.05) is 0 Å². The molecule has 4 rings (SSSR count). The predicted octanol–water partition coefficient (Wildman–Crippen LogP) is 3.24. The largest absolute Gasteiger partial charge is 2.00 e. The van der Waals surface area contributed by atoms with Gasteiger partial charge in [-0.3, -0.25) is 9.59 Å². The van der Waals surface area contributed by atoms with Gasteiger partial charge >= 0.3 is 29.0 Å². The maximum atomic E-state index is 11.6. The molecule has 0 amide bonds. The molecule has 0 bridgehead atoms. The molecule has 4 nitrogen and oxygen atoms in total. The SMILES string of the molecule is C=C(C)C(=O)Cl.C=C(C)C(=O)OC1(C)CCCCC2CC21.O=C1CCCCC2CC12.[Br-].[CH3-].[Mg+2]. The summed E-state index contributed by atoms with van der Waals surface area (Å²) in [6.07, 6.45) is 12.0. The molecular formula is C26H40BrClMgO4. The molecule has 184 valence electrons. The summed E-state index contributed by atoms with van der Waals surface area (Å²) in [6, 6.07) is 0. The Labute approximate surface area is 232 Å². The van der Waals surface area contributed by atoms with Gasteiger partial charge in [0.25, 0.3) is 0 Å². The molecule has 7 heteroatoms. The zero-order valence-electron chi connectivity index (χ0n) is 20.9. The van der Waals surface area contributed by atoms with Crippen LogP contribution < -0.4 is 17.0 Å². The Morgan fingerprint density at radius 1 is 1.00 bits per heavy atom. The quantitative estimate of drug-likeness (QED) is 0.176. The first-order valence-corrected chi connectivity index (χ1v) is 11.7. The Balaban J connectivity index is 0. The maximum absolute atomic E-state index is 11.6. The number of Topliss-reactive ketones (excluding diaryl/α,β-unsaturated/α-hetero) is 1. The summed E-state index contributed by atoms with van der Waals surface area (Å²) in [4.78, 5) is 32.4. The van der Waals surface area contributed by atoms with Crippen LogP contribution in [0, 0.1) is 31.1 Å². The molecule has 0 N–H and O–H groups in total. The van der Waals surface area contributed by atoms with Crippen LogP contribution in [0.1, 0.15) is 85.0 Å². The average Bonchev–Trinajstić information content (AvgIpc) is 3.53. The molecule has 4 aliphatic rings. The minimum atomic E-state index is -0.463. The molecule has 4 aliphatic carbocycles. The van der Waals surface area contributed by atoms with Crippen LogP contribution in [-0.4, -0.2) is 45.6 Å². The Morgan fingerprint density at radius 3 is 2.09 bits per heavy atom. The Kier molecular flexibility index (Phi) is 16.7. The molecule has 0 aromatic rings. The van der Waals surface area contributed by atoms with Crippen LogP contribution in [0.5, 0.6) is 0 Å². The predicted molar refractivity (Wildman–Crippen MR) is 132 cm³/mol. The number of hydrogen-bond acceptors (Lipinski definition) is 4. The van der Waals surface area contributed by atoms with Crippen LogP contribution >= 0.6 is 11.6 Å². The van der Waals surface area contributed by atoms with E-state index in [1.807, 2.05) is 0 Å². The van der Waals surface area contributed by atoms with Crippen molar-refractivity contribution >= 4 is 51.6 Å². The number of esters is 1. The molecule has 5 atom stereocenters. The Morgan fingerprint density at radius 2 is 1.55 bits per heavy atom. The van der Waals surface area contributed by atoms with Crippen molar-refractivity contribution in [3.63, 3.8) is 0 Å². The van der Waals surface area contributed by atoms with Gasteiger partial charge in [-0.05, 0) is 82.7 Å². The van der Waals surface area contributed by atoms with E-state index >= 15 is 0 Å². The zero-order valence-corrected chi connectivity index (χ0v) is 24.6. The van der Waals surface area contributed by atoms with Crippen LogP contribution in [0.25, 0.3) is 0 Å². The fourth-order valence-corrected chi connectivity index (χ4v) is 4.66. The molecule has 33 heavy (non-hydrogen) atoms. The first-order chi connectivity index (χ1) is 14.0. The van der Waals surface area contributed by atoms with E-state index in [0.29, 0.717) is 28.8 Å². The first-order valence-electron chi connectivity index (χ1n) is 11.3. The molecule has 0 aromatic carbocycles. The van der Waals surface area contributed by atoms with Crippen LogP contribution in [0.2, 0.25) is 0 Å². The van der Waals surface area contributed by atoms with Gasteiger partial charge < -0.3 is 29.1 Å². The normalized spacial score (nSPS) is 30.4. The van der Waals surface area contributed by atoms with E-state index in [9.17, 15) is 14.4 Å². The fraction of sp³-hybridized carbons (Fsp3) is 0.692. The fourth-order valence-electron chi connectivity index (χ4n) is 4.66. The minimum Gasteiger partial charge on any atom is -1.00 e. The number of carbonyl (C=O) groups is 3. The van der Waals surface area contributed by atoms with E-state index in [0.717, 1.165) is 31.1 Å². The molecule has 4 saturated carbocycles. The third-order valence-corrected chi connectivity index (χ3v) is 7.12. The number of fused-ring (bicyclic) bond motifs is 2. The second-order valence-corrected chi connectivity index (χ2v) is 10.0. The summed E-state index contributed by atoms with van der Waals surface area (Å²) >= 11 is 4.87. The molecule has 0 saturated heterocycles. The molecule has 5 unspecified atom stereocenters. The number of hydrogen-bond donors (Lipinski definition) is 0. The van der Waals surface area contributed by atoms with E-state index in [1.54, 1.807) is 13.8 Å². The van der Waals surface area contributed by atoms with Crippen molar-refractivity contribution in [3.8, 4) is 0 Å². The summed E-state index contributed by atoms with van der Waals surface area (Å²) < 4.78 is 5.64. The molecule has 0 radical (unpaired) electrons. The van der Waals surface area contributed by atoms with Crippen molar-refractivity contribution in [1.82, 2.24) is 0 Å². The summed E-state index contributed by atoms with van der Waals surface area (Å²) in [7, 11) is 0. The number of rotatable bonds is 3. The number of ether oxygens (including phenoxy) is 1. The van der Waals surface area contributed by atoms with Gasteiger partial charge in [-0.15, -0.1) is 0 Å². The minimum absolute atomic E-state index is 0. The zero-order chi connectivity index (χ0) is 22.5. The van der Waals surface area contributed by atoms with E-state index in [2.05, 4.69) is 20.1 Å². The third kappa shape index (κ3) is 11.4. The Hall–Kier alpha value is -0.174. The van der Waals surface area contributed by atoms with E-state index in [1.165, 1.54) is 44.9 Å². The molecule has 4 fully saturated rings. The number of halogens is 2. The van der Waals surface area contributed by atoms with Crippen LogP contribution in [0.15, 0.2) is 24.3 Å². The standard InChI is InChI=1S/C13H20O2.C8H12O.C4H5ClO.CH3.BrH.Mg/c1-9(2)12(14)15-13(3)7-5-4-6-10-8-11(10)13;9-8-4-2-1-3-6-5-7(6)8;1-3(2)4(5)6;;;/h10-11H,1,4-8H2,2-3H3;6-7H,1-5H2;1H2,2H3;1H3;1H;/q;;;-1;;+2/p-1. The molecule has 0 aromatic heterocycles. The van der Waals surface area contributed by atoms with Crippen molar-refractivity contribution in [2.45, 2.75) is 90.6 Å². The van der Waals surface area contributed by atoms with Gasteiger partial charge in [0, 0.05) is 29.4 Å². The summed E-state index contributed by atoms with van der Waals surface area (Å²) in [6.45, 7) is 12.3. The topological polar surface area (TPSA) is 60.4 Å². The van der Waals surface area contributed by atoms with Gasteiger partial charge in [0.05, 0.1) is 0 Å². The van der Waals surface area contributed by atoms with Crippen molar-refractivity contribution < 1.29 is 36.1 Å². The smallest absolute Gasteiger partial charge is 1.00 e. The van der Waals surface area contributed by atoms with Gasteiger partial charge in [-0.2, -0.15) is 0 Å². The first kappa shape index (κ1) is 35.0. The second kappa shape index (κ2) is 15.7. The maximum Gasteiger partial charge on any atom is 2.00 e. The van der Waals surface area contributed by atoms with Crippen molar-refractivity contribution in [1.29, 1.82) is 0 Å². The second-order valence-electron chi connectivity index (χ2n) is 9.70. The van der Waals surface area contributed by atoms with Crippen LogP contribution in [0.4, 0.5) is 0 Å². The third-order valence-electron chi connectivity index (χ3n) is 6.80. The monoisotopic (exact) mass is 554 g/mol. The molecule has 0 aliphatic heterocycles. The van der Waals surface area contributed by atoms with Gasteiger partial charge in [-0.25, -0.2) is 4.79 Å². The number of carbonyl (C=O) groups excluding carboxylic acids is 3. The van der Waals surface area contributed by atoms with Crippen LogP contribution in [-0.2, 0) is 19.1 Å². The van der Waals surface area contributed by atoms with E-state index < -0.39 is 5.24 Å². The molecule has 0 heterocycles. The number of ketones is 1. The Bertz CT molecular complexity index is 698. The summed E-state index contributed by atoms with van der Waals surface area (Å²) in [5.41, 5.74) is 0.686. The van der Waals surface area contributed by atoms with Gasteiger partial charge in [-0.1, -0.05) is 32.4 Å². The molecular weight excluding hydrogens is 516 g/mol. The number of allylic oxidation sites excluding steroid dienone is 1. The summed E-state index contributed by atoms with van der Waals surface area (Å²) in [5, 5.41) is -0.463. The van der Waals surface area contributed by atoms with E-state index in [4.69, 9.17) is 16.3 Å².